The smallest absolute Gasteiger partial charge is 0.233 e. The molecule has 18 heavy (non-hydrogen) atoms. The highest BCUT2D eigenvalue weighted by atomic mass is 32.1. The number of aromatic nitrogens is 1. The van der Waals surface area contributed by atoms with Crippen LogP contribution in [0.15, 0.2) is 0 Å². The lowest BCUT2D eigenvalue weighted by Crippen LogP contribution is -2.35. The van der Waals surface area contributed by atoms with E-state index in [4.69, 9.17) is 0 Å². The van der Waals surface area contributed by atoms with Crippen molar-refractivity contribution in [2.45, 2.75) is 39.7 Å². The van der Waals surface area contributed by atoms with E-state index < -0.39 is 0 Å². The van der Waals surface area contributed by atoms with Crippen molar-refractivity contribution in [1.29, 1.82) is 0 Å². The Balaban J connectivity index is 1.74. The second kappa shape index (κ2) is 5.80. The van der Waals surface area contributed by atoms with Crippen molar-refractivity contribution in [2.24, 2.45) is 5.92 Å². The fourth-order valence-electron chi connectivity index (χ4n) is 1.93. The van der Waals surface area contributed by atoms with Gasteiger partial charge in [0.1, 0.15) is 0 Å². The normalized spacial score (nSPS) is 16.6. The molecule has 1 unspecified atom stereocenters. The summed E-state index contributed by atoms with van der Waals surface area (Å²) in [4.78, 5) is 17.2. The van der Waals surface area contributed by atoms with Crippen molar-refractivity contribution in [3.8, 4) is 0 Å². The van der Waals surface area contributed by atoms with E-state index in [0.29, 0.717) is 6.54 Å². The van der Waals surface area contributed by atoms with Gasteiger partial charge in [-0.25, -0.2) is 4.98 Å². The Morgan fingerprint density at radius 2 is 2.22 bits per heavy atom. The van der Waals surface area contributed by atoms with Crippen LogP contribution in [0.2, 0.25) is 0 Å². The molecule has 1 atom stereocenters. The Hall–Kier alpha value is -0.940. The highest BCUT2D eigenvalue weighted by molar-refractivity contribution is 7.11. The van der Waals surface area contributed by atoms with E-state index in [1.54, 1.807) is 11.3 Å². The number of thiazole rings is 1. The van der Waals surface area contributed by atoms with Crippen LogP contribution in [0.1, 0.15) is 41.4 Å². The van der Waals surface area contributed by atoms with Gasteiger partial charge >= 0.3 is 0 Å². The summed E-state index contributed by atoms with van der Waals surface area (Å²) in [5, 5.41) is 7.29. The van der Waals surface area contributed by atoms with Gasteiger partial charge in [-0.15, -0.1) is 11.3 Å². The summed E-state index contributed by atoms with van der Waals surface area (Å²) < 4.78 is 0. The van der Waals surface area contributed by atoms with E-state index in [2.05, 4.69) is 22.5 Å². The minimum Gasteiger partial charge on any atom is -0.355 e. The van der Waals surface area contributed by atoms with Crippen LogP contribution in [-0.2, 0) is 4.79 Å². The number of hydrogen-bond donors (Lipinski definition) is 2. The zero-order valence-electron chi connectivity index (χ0n) is 11.2. The van der Waals surface area contributed by atoms with E-state index in [1.807, 2.05) is 13.8 Å². The molecule has 100 valence electrons. The number of amides is 1. The molecule has 4 nitrogen and oxygen atoms in total. The number of aryl methyl sites for hydroxylation is 2. The fourth-order valence-corrected chi connectivity index (χ4v) is 2.88. The molecule has 1 heterocycles. The van der Waals surface area contributed by atoms with E-state index in [-0.39, 0.29) is 11.9 Å². The van der Waals surface area contributed by atoms with Gasteiger partial charge in [-0.05, 0) is 39.5 Å². The summed E-state index contributed by atoms with van der Waals surface area (Å²) in [6, 6.07) is 0.183. The molecule has 1 amide bonds. The first-order valence-corrected chi connectivity index (χ1v) is 7.32. The number of rotatable bonds is 6. The quantitative estimate of drug-likeness (QED) is 0.828. The van der Waals surface area contributed by atoms with Gasteiger partial charge < -0.3 is 10.6 Å². The Labute approximate surface area is 112 Å². The summed E-state index contributed by atoms with van der Waals surface area (Å²) >= 11 is 1.70. The minimum absolute atomic E-state index is 0.0904. The first kappa shape index (κ1) is 13.5. The van der Waals surface area contributed by atoms with Gasteiger partial charge in [0.2, 0.25) is 5.91 Å². The second-order valence-electron chi connectivity index (χ2n) is 5.03. The van der Waals surface area contributed by atoms with Crippen LogP contribution in [0.4, 0.5) is 0 Å². The number of nitrogens with one attached hydrogen (secondary N) is 2. The van der Waals surface area contributed by atoms with Gasteiger partial charge in [0.05, 0.1) is 17.2 Å². The minimum atomic E-state index is 0.0904. The van der Waals surface area contributed by atoms with E-state index >= 15 is 0 Å². The summed E-state index contributed by atoms with van der Waals surface area (Å²) in [5.41, 5.74) is 1.07. The first-order chi connectivity index (χ1) is 8.56. The molecule has 1 saturated carbocycles. The molecule has 1 fully saturated rings. The maximum absolute atomic E-state index is 11.6. The Morgan fingerprint density at radius 1 is 1.50 bits per heavy atom. The molecular weight excluding hydrogens is 246 g/mol. The van der Waals surface area contributed by atoms with Gasteiger partial charge in [-0.1, -0.05) is 0 Å². The highest BCUT2D eigenvalue weighted by Crippen LogP contribution is 2.27. The SMILES string of the molecule is Cc1nc(C)c(C(C)NCC(=O)NCC2CC2)s1. The monoisotopic (exact) mass is 267 g/mol. The maximum atomic E-state index is 11.6. The van der Waals surface area contributed by atoms with Gasteiger partial charge in [0.25, 0.3) is 0 Å². The van der Waals surface area contributed by atoms with Crippen molar-refractivity contribution < 1.29 is 4.79 Å². The van der Waals surface area contributed by atoms with E-state index in [1.165, 1.54) is 17.7 Å². The topological polar surface area (TPSA) is 54.0 Å². The molecule has 1 aromatic rings. The van der Waals surface area contributed by atoms with E-state index in [0.717, 1.165) is 23.2 Å². The van der Waals surface area contributed by atoms with Crippen LogP contribution in [0, 0.1) is 19.8 Å². The average molecular weight is 267 g/mol. The predicted molar refractivity (Wildman–Crippen MR) is 73.7 cm³/mol. The number of carbonyl (C=O) groups is 1. The first-order valence-electron chi connectivity index (χ1n) is 6.50. The van der Waals surface area contributed by atoms with Crippen molar-refractivity contribution in [3.05, 3.63) is 15.6 Å². The third-order valence-corrected chi connectivity index (χ3v) is 4.44. The molecule has 5 heteroatoms. The second-order valence-corrected chi connectivity index (χ2v) is 6.27. The summed E-state index contributed by atoms with van der Waals surface area (Å²) in [6.45, 7) is 7.33. The zero-order valence-corrected chi connectivity index (χ0v) is 12.1. The van der Waals surface area contributed by atoms with Crippen molar-refractivity contribution in [2.75, 3.05) is 13.1 Å². The van der Waals surface area contributed by atoms with Gasteiger partial charge in [0.15, 0.2) is 0 Å². The van der Waals surface area contributed by atoms with Crippen LogP contribution in [0.3, 0.4) is 0 Å². The number of hydrogen-bond acceptors (Lipinski definition) is 4. The lowest BCUT2D eigenvalue weighted by molar-refractivity contribution is -0.120. The molecule has 0 radical (unpaired) electrons. The molecule has 0 aromatic carbocycles. The third kappa shape index (κ3) is 3.78. The zero-order chi connectivity index (χ0) is 13.1. The molecule has 0 aliphatic heterocycles. The van der Waals surface area contributed by atoms with Gasteiger partial charge in [-0.2, -0.15) is 0 Å². The van der Waals surface area contributed by atoms with Crippen LogP contribution in [0.25, 0.3) is 0 Å². The summed E-state index contributed by atoms with van der Waals surface area (Å²) in [5.74, 6) is 0.824. The molecule has 0 saturated heterocycles. The van der Waals surface area contributed by atoms with Crippen molar-refractivity contribution in [3.63, 3.8) is 0 Å². The molecule has 1 aliphatic carbocycles. The summed E-state index contributed by atoms with van der Waals surface area (Å²) in [7, 11) is 0. The van der Waals surface area contributed by atoms with Crippen molar-refractivity contribution in [1.82, 2.24) is 15.6 Å². The lowest BCUT2D eigenvalue weighted by atomic mass is 10.2. The highest BCUT2D eigenvalue weighted by Gasteiger charge is 2.21. The van der Waals surface area contributed by atoms with Crippen LogP contribution in [-0.4, -0.2) is 24.0 Å². The third-order valence-electron chi connectivity index (χ3n) is 3.19. The van der Waals surface area contributed by atoms with Gasteiger partial charge in [-0.3, -0.25) is 4.79 Å². The fraction of sp³-hybridized carbons (Fsp3) is 0.692. The van der Waals surface area contributed by atoms with Crippen LogP contribution >= 0.6 is 11.3 Å². The van der Waals surface area contributed by atoms with Gasteiger partial charge in [0, 0.05) is 17.5 Å². The predicted octanol–water partition coefficient (Wildman–Crippen LogP) is 1.94. The summed E-state index contributed by atoms with van der Waals surface area (Å²) in [6.07, 6.45) is 2.53. The molecular formula is C13H21N3OS. The molecule has 0 spiro atoms. The van der Waals surface area contributed by atoms with E-state index in [9.17, 15) is 4.79 Å². The lowest BCUT2D eigenvalue weighted by Gasteiger charge is -2.12. The number of carbonyl (C=O) groups excluding carboxylic acids is 1. The average Bonchev–Trinajstić information content (AvgIpc) is 3.08. The Bertz CT molecular complexity index is 426. The standard InChI is InChI=1S/C13H21N3OS/c1-8(13-9(2)16-10(3)18-13)14-7-12(17)15-6-11-4-5-11/h8,11,14H,4-7H2,1-3H3,(H,15,17). The van der Waals surface area contributed by atoms with Crippen molar-refractivity contribution >= 4 is 17.2 Å². The largest absolute Gasteiger partial charge is 0.355 e. The molecule has 1 aromatic heterocycles. The maximum Gasteiger partial charge on any atom is 0.233 e. The number of nitrogens with zero attached hydrogens (tertiary/aromatic N) is 1. The molecule has 0 bridgehead atoms. The molecule has 2 N–H and O–H groups in total. The van der Waals surface area contributed by atoms with Crippen LogP contribution in [0.5, 0.6) is 0 Å². The molecule has 1 aliphatic rings. The molecule has 2 rings (SSSR count). The van der Waals surface area contributed by atoms with Crippen LogP contribution < -0.4 is 10.6 Å². The Kier molecular flexibility index (Phi) is 4.35. The Morgan fingerprint density at radius 3 is 2.78 bits per heavy atom.